The Balaban J connectivity index is 1.34. The molecule has 0 aromatic heterocycles. The van der Waals surface area contributed by atoms with E-state index in [2.05, 4.69) is 6.92 Å². The summed E-state index contributed by atoms with van der Waals surface area (Å²) in [6.45, 7) is 7.41. The van der Waals surface area contributed by atoms with Crippen LogP contribution in [0.1, 0.15) is 116 Å². The number of unbranched alkanes of at least 4 members (excludes halogenated alkanes) is 13. The van der Waals surface area contributed by atoms with Gasteiger partial charge in [-0.05, 0) is 31.6 Å². The SMILES string of the molecule is CCCCCCCCCCCCCCCCOP(=O)(O)OCC[N+]12CCC(CC1)CC2. The molecule has 1 unspecified atom stereocenters. The minimum absolute atomic E-state index is 0.327. The number of quaternary nitrogens is 1. The van der Waals surface area contributed by atoms with E-state index in [1.54, 1.807) is 0 Å². The van der Waals surface area contributed by atoms with Gasteiger partial charge in [0.1, 0.15) is 13.2 Å². The summed E-state index contributed by atoms with van der Waals surface area (Å²) in [6.07, 6.45) is 22.1. The Labute approximate surface area is 192 Å². The number of phosphoric acid groups is 1. The first kappa shape index (κ1) is 27.3. The van der Waals surface area contributed by atoms with Crippen molar-refractivity contribution in [2.75, 3.05) is 39.4 Å². The number of nitrogens with zero attached hydrogens (tertiary/aromatic N) is 1. The molecule has 3 rings (SSSR count). The maximum Gasteiger partial charge on any atom is 0.472 e. The summed E-state index contributed by atoms with van der Waals surface area (Å²) in [5.41, 5.74) is 0. The highest BCUT2D eigenvalue weighted by Crippen LogP contribution is 2.43. The fourth-order valence-corrected chi connectivity index (χ4v) is 6.08. The molecule has 0 amide bonds. The summed E-state index contributed by atoms with van der Waals surface area (Å²) < 4.78 is 23.6. The fourth-order valence-electron chi connectivity index (χ4n) is 5.34. The molecule has 31 heavy (non-hydrogen) atoms. The third-order valence-electron chi connectivity index (χ3n) is 7.61. The number of piperidine rings is 3. The average molecular weight is 461 g/mol. The lowest BCUT2D eigenvalue weighted by Gasteiger charge is -2.49. The van der Waals surface area contributed by atoms with Crippen LogP contribution in [0.25, 0.3) is 0 Å². The first-order chi connectivity index (χ1) is 15.1. The molecule has 0 aliphatic carbocycles. The van der Waals surface area contributed by atoms with Crippen LogP contribution in [0.5, 0.6) is 0 Å². The summed E-state index contributed by atoms with van der Waals surface area (Å²) in [4.78, 5) is 9.92. The Kier molecular flexibility index (Phi) is 13.9. The van der Waals surface area contributed by atoms with Crippen LogP contribution in [0.15, 0.2) is 0 Å². The van der Waals surface area contributed by atoms with Crippen molar-refractivity contribution in [2.24, 2.45) is 5.92 Å². The molecule has 0 aromatic carbocycles. The maximum atomic E-state index is 12.1. The van der Waals surface area contributed by atoms with Crippen LogP contribution in [0.2, 0.25) is 0 Å². The quantitative estimate of drug-likeness (QED) is 0.118. The third kappa shape index (κ3) is 12.2. The van der Waals surface area contributed by atoms with E-state index in [0.717, 1.165) is 29.8 Å². The molecule has 3 heterocycles. The van der Waals surface area contributed by atoms with Crippen molar-refractivity contribution in [3.63, 3.8) is 0 Å². The molecule has 3 aliphatic heterocycles. The van der Waals surface area contributed by atoms with Crippen molar-refractivity contribution in [1.82, 2.24) is 0 Å². The highest BCUT2D eigenvalue weighted by molar-refractivity contribution is 7.47. The van der Waals surface area contributed by atoms with Gasteiger partial charge in [0.2, 0.25) is 0 Å². The second kappa shape index (κ2) is 15.8. The van der Waals surface area contributed by atoms with Crippen LogP contribution in [-0.4, -0.2) is 48.8 Å². The molecule has 3 aliphatic rings. The summed E-state index contributed by atoms with van der Waals surface area (Å²) in [6, 6.07) is 0. The predicted octanol–water partition coefficient (Wildman–Crippen LogP) is 7.23. The van der Waals surface area contributed by atoms with Gasteiger partial charge in [-0.15, -0.1) is 0 Å². The number of phosphoric ester groups is 1. The molecule has 184 valence electrons. The number of fused-ring (bicyclic) bond motifs is 3. The number of hydrogen-bond donors (Lipinski definition) is 1. The Hall–Kier alpha value is 0.0700. The summed E-state index contributed by atoms with van der Waals surface area (Å²) in [7, 11) is -3.88. The predicted molar refractivity (Wildman–Crippen MR) is 129 cm³/mol. The monoisotopic (exact) mass is 460 g/mol. The topological polar surface area (TPSA) is 55.8 Å². The van der Waals surface area contributed by atoms with Crippen molar-refractivity contribution in [1.29, 1.82) is 0 Å². The molecular weight excluding hydrogens is 409 g/mol. The van der Waals surface area contributed by atoms with Gasteiger partial charge in [0, 0.05) is 0 Å². The molecular formula is C25H51NO4P+. The number of hydrogen-bond acceptors (Lipinski definition) is 3. The Morgan fingerprint density at radius 3 is 1.61 bits per heavy atom. The zero-order chi connectivity index (χ0) is 22.3. The molecule has 0 saturated carbocycles. The molecule has 0 aromatic rings. The molecule has 6 heteroatoms. The van der Waals surface area contributed by atoms with E-state index in [9.17, 15) is 9.46 Å². The van der Waals surface area contributed by atoms with Gasteiger partial charge in [-0.2, -0.15) is 0 Å². The first-order valence-electron chi connectivity index (χ1n) is 13.5. The largest absolute Gasteiger partial charge is 0.472 e. The van der Waals surface area contributed by atoms with Crippen LogP contribution in [0.4, 0.5) is 0 Å². The van der Waals surface area contributed by atoms with Gasteiger partial charge in [-0.25, -0.2) is 4.57 Å². The average Bonchev–Trinajstić information content (AvgIpc) is 2.77. The highest BCUT2D eigenvalue weighted by Gasteiger charge is 2.39. The highest BCUT2D eigenvalue weighted by atomic mass is 31.2. The van der Waals surface area contributed by atoms with E-state index in [0.29, 0.717) is 13.2 Å². The second-order valence-corrected chi connectivity index (χ2v) is 11.7. The van der Waals surface area contributed by atoms with Gasteiger partial charge in [0.25, 0.3) is 0 Å². The van der Waals surface area contributed by atoms with Gasteiger partial charge in [-0.1, -0.05) is 90.4 Å². The van der Waals surface area contributed by atoms with E-state index in [1.807, 2.05) is 0 Å². The molecule has 1 N–H and O–H groups in total. The van der Waals surface area contributed by atoms with Crippen LogP contribution in [0, 0.1) is 5.92 Å². The van der Waals surface area contributed by atoms with Crippen molar-refractivity contribution < 1.29 is 23.0 Å². The smallest absolute Gasteiger partial charge is 0.322 e. The lowest BCUT2D eigenvalue weighted by atomic mass is 9.86. The molecule has 3 fully saturated rings. The maximum absolute atomic E-state index is 12.1. The van der Waals surface area contributed by atoms with Gasteiger partial charge < -0.3 is 9.38 Å². The van der Waals surface area contributed by atoms with Crippen molar-refractivity contribution in [3.8, 4) is 0 Å². The fraction of sp³-hybridized carbons (Fsp3) is 1.00. The first-order valence-corrected chi connectivity index (χ1v) is 15.0. The van der Waals surface area contributed by atoms with E-state index in [4.69, 9.17) is 9.05 Å². The van der Waals surface area contributed by atoms with Crippen LogP contribution in [-0.2, 0) is 13.6 Å². The van der Waals surface area contributed by atoms with Crippen molar-refractivity contribution in [2.45, 2.75) is 116 Å². The van der Waals surface area contributed by atoms with Gasteiger partial charge >= 0.3 is 7.82 Å². The van der Waals surface area contributed by atoms with E-state index in [1.165, 1.54) is 116 Å². The van der Waals surface area contributed by atoms with Crippen LogP contribution >= 0.6 is 7.82 Å². The standard InChI is InChI=1S/C25H50NO4P/c1-2-3-4-5-6-7-8-9-10-11-12-13-14-15-23-29-31(27,28)30-24-22-26-19-16-25(17-20-26)18-21-26/h25H,2-24H2,1H3/p+1. The Morgan fingerprint density at radius 1 is 0.710 bits per heavy atom. The van der Waals surface area contributed by atoms with Crippen LogP contribution in [0.3, 0.4) is 0 Å². The zero-order valence-corrected chi connectivity index (χ0v) is 21.3. The molecule has 2 bridgehead atoms. The molecule has 3 saturated heterocycles. The van der Waals surface area contributed by atoms with E-state index < -0.39 is 7.82 Å². The second-order valence-electron chi connectivity index (χ2n) is 10.2. The summed E-state index contributed by atoms with van der Waals surface area (Å²) >= 11 is 0. The molecule has 0 spiro atoms. The van der Waals surface area contributed by atoms with Crippen LogP contribution < -0.4 is 0 Å². The van der Waals surface area contributed by atoms with E-state index >= 15 is 0 Å². The Bertz CT molecular complexity index is 480. The molecule has 5 nitrogen and oxygen atoms in total. The minimum atomic E-state index is -3.88. The zero-order valence-electron chi connectivity index (χ0n) is 20.4. The summed E-state index contributed by atoms with van der Waals surface area (Å²) in [5.74, 6) is 0.929. The Morgan fingerprint density at radius 2 is 1.13 bits per heavy atom. The van der Waals surface area contributed by atoms with Gasteiger partial charge in [0.15, 0.2) is 0 Å². The van der Waals surface area contributed by atoms with Crippen molar-refractivity contribution in [3.05, 3.63) is 0 Å². The number of rotatable bonds is 20. The summed E-state index contributed by atoms with van der Waals surface area (Å²) in [5, 5.41) is 0. The lowest BCUT2D eigenvalue weighted by Crippen LogP contribution is -2.59. The lowest BCUT2D eigenvalue weighted by molar-refractivity contribution is -0.942. The third-order valence-corrected chi connectivity index (χ3v) is 8.63. The van der Waals surface area contributed by atoms with Gasteiger partial charge in [0.05, 0.1) is 26.2 Å². The molecule has 1 atom stereocenters. The van der Waals surface area contributed by atoms with Crippen molar-refractivity contribution >= 4 is 7.82 Å². The molecule has 0 radical (unpaired) electrons. The van der Waals surface area contributed by atoms with E-state index in [-0.39, 0.29) is 0 Å². The minimum Gasteiger partial charge on any atom is -0.322 e. The normalized spacial score (nSPS) is 25.0. The van der Waals surface area contributed by atoms with Gasteiger partial charge in [-0.3, -0.25) is 9.05 Å².